The molecule has 3 heteroatoms. The van der Waals surface area contributed by atoms with Gasteiger partial charge in [-0.25, -0.2) is 0 Å². The molecular weight excluding hydrogens is 212 g/mol. The summed E-state index contributed by atoms with van der Waals surface area (Å²) in [6, 6.07) is 7.85. The van der Waals surface area contributed by atoms with Gasteiger partial charge >= 0.3 is 0 Å². The second kappa shape index (κ2) is 3.84. The second-order valence-electron chi connectivity index (χ2n) is 4.59. The Bertz CT molecular complexity index is 588. The highest BCUT2D eigenvalue weighted by Gasteiger charge is 2.29. The van der Waals surface area contributed by atoms with Crippen LogP contribution in [0.2, 0.25) is 0 Å². The van der Waals surface area contributed by atoms with Crippen LogP contribution in [0.4, 0.5) is 5.69 Å². The molecule has 0 unspecified atom stereocenters. The number of hydrogen-bond acceptors (Lipinski definition) is 2. The molecule has 1 aromatic carbocycles. The Kier molecular flexibility index (Phi) is 2.32. The number of nitrogens with one attached hydrogen (secondary N) is 1. The van der Waals surface area contributed by atoms with Crippen molar-refractivity contribution in [2.24, 2.45) is 5.92 Å². The molecule has 0 aliphatic heterocycles. The Morgan fingerprint density at radius 1 is 1.35 bits per heavy atom. The van der Waals surface area contributed by atoms with Crippen LogP contribution >= 0.6 is 0 Å². The van der Waals surface area contributed by atoms with Crippen molar-refractivity contribution in [2.45, 2.75) is 19.8 Å². The van der Waals surface area contributed by atoms with Gasteiger partial charge in [-0.05, 0) is 43.5 Å². The molecule has 0 spiro atoms. The van der Waals surface area contributed by atoms with Gasteiger partial charge in [-0.1, -0.05) is 6.07 Å². The predicted octanol–water partition coefficient (Wildman–Crippen LogP) is 2.89. The second-order valence-corrected chi connectivity index (χ2v) is 4.59. The molecule has 1 amide bonds. The normalized spacial score (nSPS) is 14.9. The largest absolute Gasteiger partial charge is 0.325 e. The molecule has 86 valence electrons. The lowest BCUT2D eigenvalue weighted by molar-refractivity contribution is -0.117. The lowest BCUT2D eigenvalue weighted by Crippen LogP contribution is -2.13. The first-order valence-electron chi connectivity index (χ1n) is 5.91. The van der Waals surface area contributed by atoms with Crippen molar-refractivity contribution in [3.05, 3.63) is 36.0 Å². The third kappa shape index (κ3) is 1.88. The van der Waals surface area contributed by atoms with Crippen molar-refractivity contribution in [1.29, 1.82) is 0 Å². The maximum absolute atomic E-state index is 11.8. The Morgan fingerprint density at radius 3 is 2.94 bits per heavy atom. The van der Waals surface area contributed by atoms with Gasteiger partial charge in [-0.2, -0.15) is 0 Å². The van der Waals surface area contributed by atoms with Crippen LogP contribution < -0.4 is 5.32 Å². The Labute approximate surface area is 99.9 Å². The van der Waals surface area contributed by atoms with E-state index in [9.17, 15) is 4.79 Å². The molecule has 1 aliphatic rings. The van der Waals surface area contributed by atoms with Crippen LogP contribution in [0, 0.1) is 12.8 Å². The molecule has 0 bridgehead atoms. The highest BCUT2D eigenvalue weighted by Crippen LogP contribution is 2.31. The molecule has 0 radical (unpaired) electrons. The van der Waals surface area contributed by atoms with E-state index in [2.05, 4.69) is 10.3 Å². The first-order chi connectivity index (χ1) is 8.25. The molecule has 0 saturated heterocycles. The maximum atomic E-state index is 11.8. The minimum absolute atomic E-state index is 0.138. The van der Waals surface area contributed by atoms with Crippen molar-refractivity contribution in [3.8, 4) is 0 Å². The number of amides is 1. The number of hydrogen-bond donors (Lipinski definition) is 1. The molecule has 0 atom stereocenters. The number of nitrogens with zero attached hydrogens (tertiary/aromatic N) is 1. The number of carbonyl (C=O) groups excluding carboxylic acids is 1. The number of fused-ring (bicyclic) bond motifs is 1. The van der Waals surface area contributed by atoms with Gasteiger partial charge in [0.15, 0.2) is 0 Å². The number of aryl methyl sites for hydroxylation is 1. The minimum atomic E-state index is 0.138. The molecule has 1 heterocycles. The SMILES string of the molecule is Cc1ccc(NC(=O)C2CC2)c2cccnc12. The van der Waals surface area contributed by atoms with Crippen molar-refractivity contribution in [2.75, 3.05) is 5.32 Å². The van der Waals surface area contributed by atoms with Crippen molar-refractivity contribution in [1.82, 2.24) is 4.98 Å². The number of carbonyl (C=O) groups is 1. The monoisotopic (exact) mass is 226 g/mol. The average molecular weight is 226 g/mol. The first kappa shape index (κ1) is 10.3. The molecule has 3 rings (SSSR count). The summed E-state index contributed by atoms with van der Waals surface area (Å²) in [5, 5.41) is 4.01. The van der Waals surface area contributed by atoms with Crippen LogP contribution in [0.3, 0.4) is 0 Å². The first-order valence-corrected chi connectivity index (χ1v) is 5.91. The van der Waals surface area contributed by atoms with Crippen LogP contribution in [-0.2, 0) is 4.79 Å². The van der Waals surface area contributed by atoms with Crippen LogP contribution in [0.5, 0.6) is 0 Å². The number of pyridine rings is 1. The van der Waals surface area contributed by atoms with Crippen molar-refractivity contribution >= 4 is 22.5 Å². The zero-order valence-corrected chi connectivity index (χ0v) is 9.73. The fraction of sp³-hybridized carbons (Fsp3) is 0.286. The molecule has 1 saturated carbocycles. The van der Waals surface area contributed by atoms with E-state index in [-0.39, 0.29) is 11.8 Å². The third-order valence-electron chi connectivity index (χ3n) is 3.18. The minimum Gasteiger partial charge on any atom is -0.325 e. The van der Waals surface area contributed by atoms with E-state index < -0.39 is 0 Å². The van der Waals surface area contributed by atoms with Crippen LogP contribution in [0.1, 0.15) is 18.4 Å². The zero-order valence-electron chi connectivity index (χ0n) is 9.73. The van der Waals surface area contributed by atoms with Crippen LogP contribution in [-0.4, -0.2) is 10.9 Å². The number of aromatic nitrogens is 1. The molecular formula is C14H14N2O. The summed E-state index contributed by atoms with van der Waals surface area (Å²) in [6.07, 6.45) is 3.82. The zero-order chi connectivity index (χ0) is 11.8. The van der Waals surface area contributed by atoms with Crippen LogP contribution in [0.15, 0.2) is 30.5 Å². The average Bonchev–Trinajstić information content (AvgIpc) is 3.17. The van der Waals surface area contributed by atoms with E-state index in [1.807, 2.05) is 31.2 Å². The smallest absolute Gasteiger partial charge is 0.227 e. The van der Waals surface area contributed by atoms with E-state index in [4.69, 9.17) is 0 Å². The van der Waals surface area contributed by atoms with Crippen molar-refractivity contribution in [3.63, 3.8) is 0 Å². The molecule has 1 aliphatic carbocycles. The quantitative estimate of drug-likeness (QED) is 0.855. The summed E-state index contributed by atoms with van der Waals surface area (Å²) < 4.78 is 0. The van der Waals surface area contributed by atoms with Crippen molar-refractivity contribution < 1.29 is 4.79 Å². The van der Waals surface area contributed by atoms with E-state index in [0.29, 0.717) is 0 Å². The Balaban J connectivity index is 2.03. The lowest BCUT2D eigenvalue weighted by atomic mass is 10.1. The van der Waals surface area contributed by atoms with E-state index in [1.165, 1.54) is 0 Å². The molecule has 17 heavy (non-hydrogen) atoms. The topological polar surface area (TPSA) is 42.0 Å². The van der Waals surface area contributed by atoms with Gasteiger partial charge < -0.3 is 5.32 Å². The maximum Gasteiger partial charge on any atom is 0.227 e. The van der Waals surface area contributed by atoms with Gasteiger partial charge in [-0.3, -0.25) is 9.78 Å². The molecule has 1 aromatic heterocycles. The fourth-order valence-electron chi connectivity index (χ4n) is 2.00. The molecule has 1 fully saturated rings. The fourth-order valence-corrected chi connectivity index (χ4v) is 2.00. The Morgan fingerprint density at radius 2 is 2.18 bits per heavy atom. The summed E-state index contributed by atoms with van der Waals surface area (Å²) in [5.41, 5.74) is 2.96. The highest BCUT2D eigenvalue weighted by molar-refractivity contribution is 6.03. The van der Waals surface area contributed by atoms with Gasteiger partial charge in [0.05, 0.1) is 11.2 Å². The van der Waals surface area contributed by atoms with Gasteiger partial charge in [0.2, 0.25) is 5.91 Å². The lowest BCUT2D eigenvalue weighted by Gasteiger charge is -2.09. The van der Waals surface area contributed by atoms with Gasteiger partial charge in [-0.15, -0.1) is 0 Å². The summed E-state index contributed by atoms with van der Waals surface area (Å²) in [6.45, 7) is 2.03. The van der Waals surface area contributed by atoms with Gasteiger partial charge in [0, 0.05) is 17.5 Å². The number of anilines is 1. The molecule has 1 N–H and O–H groups in total. The summed E-state index contributed by atoms with van der Waals surface area (Å²) >= 11 is 0. The third-order valence-corrected chi connectivity index (χ3v) is 3.18. The van der Waals surface area contributed by atoms with E-state index >= 15 is 0 Å². The number of benzene rings is 1. The Hall–Kier alpha value is -1.90. The highest BCUT2D eigenvalue weighted by atomic mass is 16.2. The summed E-state index contributed by atoms with van der Waals surface area (Å²) in [4.78, 5) is 16.1. The van der Waals surface area contributed by atoms with E-state index in [0.717, 1.165) is 35.0 Å². The standard InChI is InChI=1S/C14H14N2O/c1-9-4-7-12(16-14(17)10-5-6-10)11-3-2-8-15-13(9)11/h2-4,7-8,10H,5-6H2,1H3,(H,16,17). The number of rotatable bonds is 2. The molecule has 2 aromatic rings. The van der Waals surface area contributed by atoms with Crippen LogP contribution in [0.25, 0.3) is 10.9 Å². The van der Waals surface area contributed by atoms with E-state index in [1.54, 1.807) is 6.20 Å². The summed E-state index contributed by atoms with van der Waals surface area (Å²) in [5.74, 6) is 0.363. The van der Waals surface area contributed by atoms with Gasteiger partial charge in [0.1, 0.15) is 0 Å². The summed E-state index contributed by atoms with van der Waals surface area (Å²) in [7, 11) is 0. The predicted molar refractivity (Wildman–Crippen MR) is 67.8 cm³/mol. The molecule has 3 nitrogen and oxygen atoms in total. The van der Waals surface area contributed by atoms with Gasteiger partial charge in [0.25, 0.3) is 0 Å².